The van der Waals surface area contributed by atoms with Crippen molar-refractivity contribution in [1.82, 2.24) is 5.32 Å². The van der Waals surface area contributed by atoms with Gasteiger partial charge in [0.1, 0.15) is 11.3 Å². The molecule has 1 N–H and O–H groups in total. The van der Waals surface area contributed by atoms with Crippen molar-refractivity contribution in [3.63, 3.8) is 0 Å². The van der Waals surface area contributed by atoms with Crippen LogP contribution in [0.5, 0.6) is 11.5 Å². The van der Waals surface area contributed by atoms with Crippen LogP contribution in [0.4, 0.5) is 5.69 Å². The van der Waals surface area contributed by atoms with E-state index in [4.69, 9.17) is 21.1 Å². The van der Waals surface area contributed by atoms with Gasteiger partial charge in [-0.05, 0) is 56.2 Å². The van der Waals surface area contributed by atoms with Crippen molar-refractivity contribution in [2.75, 3.05) is 0 Å². The van der Waals surface area contributed by atoms with E-state index in [2.05, 4.69) is 11.4 Å². The first-order valence-corrected chi connectivity index (χ1v) is 10.0. The number of carbonyl (C=O) groups is 2. The van der Waals surface area contributed by atoms with E-state index in [1.54, 1.807) is 20.8 Å². The van der Waals surface area contributed by atoms with Gasteiger partial charge in [-0.3, -0.25) is 14.9 Å². The summed E-state index contributed by atoms with van der Waals surface area (Å²) in [6.45, 7) is 6.58. The van der Waals surface area contributed by atoms with Gasteiger partial charge in [0.15, 0.2) is 6.10 Å². The van der Waals surface area contributed by atoms with Crippen LogP contribution in [0, 0.1) is 27.4 Å². The summed E-state index contributed by atoms with van der Waals surface area (Å²) in [6, 6.07) is 11.7. The number of rotatable bonds is 8. The number of ether oxygens (including phenoxy) is 2. The zero-order chi connectivity index (χ0) is 24.1. The van der Waals surface area contributed by atoms with Crippen LogP contribution in [0.15, 0.2) is 42.5 Å². The summed E-state index contributed by atoms with van der Waals surface area (Å²) < 4.78 is 10.7. The number of nitrogens with one attached hydrogen (secondary N) is 1. The van der Waals surface area contributed by atoms with Crippen molar-refractivity contribution in [3.8, 4) is 17.6 Å². The Kier molecular flexibility index (Phi) is 7.78. The number of nitro benzene ring substituents is 1. The first kappa shape index (κ1) is 24.6. The van der Waals surface area contributed by atoms with E-state index < -0.39 is 28.4 Å². The highest BCUT2D eigenvalue weighted by Gasteiger charge is 2.32. The molecule has 0 fully saturated rings. The summed E-state index contributed by atoms with van der Waals surface area (Å²) in [7, 11) is 0. The predicted octanol–water partition coefficient (Wildman–Crippen LogP) is 4.64. The van der Waals surface area contributed by atoms with E-state index in [9.17, 15) is 25.0 Å². The van der Waals surface area contributed by atoms with Crippen molar-refractivity contribution in [2.24, 2.45) is 5.92 Å². The van der Waals surface area contributed by atoms with Crippen LogP contribution < -0.4 is 10.1 Å². The van der Waals surface area contributed by atoms with Crippen LogP contribution in [-0.4, -0.2) is 28.4 Å². The van der Waals surface area contributed by atoms with Crippen molar-refractivity contribution in [2.45, 2.75) is 39.3 Å². The average Bonchev–Trinajstić information content (AvgIpc) is 2.74. The Morgan fingerprint density at radius 2 is 1.81 bits per heavy atom. The van der Waals surface area contributed by atoms with Gasteiger partial charge in [-0.25, -0.2) is 4.79 Å². The lowest BCUT2D eigenvalue weighted by Crippen LogP contribution is -2.52. The maximum absolute atomic E-state index is 12.4. The Morgan fingerprint density at radius 3 is 2.34 bits per heavy atom. The molecule has 2 unspecified atom stereocenters. The molecule has 2 atom stereocenters. The molecule has 2 aromatic rings. The lowest BCUT2D eigenvalue weighted by atomic mass is 9.90. The van der Waals surface area contributed by atoms with Gasteiger partial charge < -0.3 is 14.8 Å². The second-order valence-electron chi connectivity index (χ2n) is 7.50. The predicted molar refractivity (Wildman–Crippen MR) is 116 cm³/mol. The molecule has 0 aliphatic heterocycles. The molecule has 0 heterocycles. The summed E-state index contributed by atoms with van der Waals surface area (Å²) in [5.74, 6) is -1.25. The maximum Gasteiger partial charge on any atom is 0.338 e. The lowest BCUT2D eigenvalue weighted by molar-refractivity contribution is -0.385. The summed E-state index contributed by atoms with van der Waals surface area (Å²) in [5.41, 5.74) is -1.25. The fraction of sp³-hybridized carbons (Fsp3) is 0.318. The average molecular weight is 460 g/mol. The number of esters is 1. The molecule has 1 amide bonds. The number of nitro groups is 1. The number of nitriles is 1. The number of nitrogens with zero attached hydrogens (tertiary/aromatic N) is 2. The third-order valence-corrected chi connectivity index (χ3v) is 5.09. The minimum absolute atomic E-state index is 0.00860. The van der Waals surface area contributed by atoms with E-state index in [0.29, 0.717) is 0 Å². The smallest absolute Gasteiger partial charge is 0.338 e. The molecule has 2 rings (SSSR count). The van der Waals surface area contributed by atoms with Gasteiger partial charge in [0, 0.05) is 11.1 Å². The SMILES string of the molecule is CC(OC(=O)c1ccc(Oc2ccc(Cl)cc2[N+](=O)[O-])cc1)C(=O)NC(C)(C#N)C(C)C. The number of hydrogen-bond acceptors (Lipinski definition) is 7. The molecule has 0 bridgehead atoms. The van der Waals surface area contributed by atoms with Crippen LogP contribution in [-0.2, 0) is 9.53 Å². The minimum Gasteiger partial charge on any atom is -0.450 e. The molecule has 0 aromatic heterocycles. The first-order valence-electron chi connectivity index (χ1n) is 9.63. The molecule has 168 valence electrons. The topological polar surface area (TPSA) is 132 Å². The van der Waals surface area contributed by atoms with Crippen LogP contribution in [0.25, 0.3) is 0 Å². The second-order valence-corrected chi connectivity index (χ2v) is 7.94. The number of hydrogen-bond donors (Lipinski definition) is 1. The third kappa shape index (κ3) is 5.95. The lowest BCUT2D eigenvalue weighted by Gasteiger charge is -2.28. The number of benzene rings is 2. The first-order chi connectivity index (χ1) is 15.0. The van der Waals surface area contributed by atoms with Gasteiger partial charge in [-0.2, -0.15) is 5.26 Å². The van der Waals surface area contributed by atoms with Gasteiger partial charge in [-0.1, -0.05) is 25.4 Å². The summed E-state index contributed by atoms with van der Waals surface area (Å²) in [4.78, 5) is 35.2. The van der Waals surface area contributed by atoms with Crippen LogP contribution >= 0.6 is 11.6 Å². The molecular formula is C22H22ClN3O6. The molecule has 32 heavy (non-hydrogen) atoms. The van der Waals surface area contributed by atoms with E-state index in [1.165, 1.54) is 49.4 Å². The molecule has 0 aliphatic carbocycles. The number of amides is 1. The summed E-state index contributed by atoms with van der Waals surface area (Å²) in [6.07, 6.45) is -1.12. The van der Waals surface area contributed by atoms with E-state index >= 15 is 0 Å². The fourth-order valence-electron chi connectivity index (χ4n) is 2.45. The summed E-state index contributed by atoms with van der Waals surface area (Å²) >= 11 is 5.79. The normalized spacial score (nSPS) is 13.4. The Hall–Kier alpha value is -3.64. The van der Waals surface area contributed by atoms with Gasteiger partial charge in [0.25, 0.3) is 5.91 Å². The molecule has 0 spiro atoms. The van der Waals surface area contributed by atoms with Gasteiger partial charge in [0.2, 0.25) is 5.75 Å². The highest BCUT2D eigenvalue weighted by Crippen LogP contribution is 2.33. The molecular weight excluding hydrogens is 438 g/mol. The largest absolute Gasteiger partial charge is 0.450 e. The zero-order valence-electron chi connectivity index (χ0n) is 17.9. The van der Waals surface area contributed by atoms with E-state index in [-0.39, 0.29) is 33.7 Å². The molecule has 0 aliphatic rings. The monoisotopic (exact) mass is 459 g/mol. The van der Waals surface area contributed by atoms with Gasteiger partial charge in [-0.15, -0.1) is 0 Å². The van der Waals surface area contributed by atoms with Gasteiger partial charge >= 0.3 is 11.7 Å². The Labute approximate surface area is 190 Å². The maximum atomic E-state index is 12.4. The Balaban J connectivity index is 2.06. The van der Waals surface area contributed by atoms with Crippen molar-refractivity contribution in [1.29, 1.82) is 5.26 Å². The molecule has 0 radical (unpaired) electrons. The van der Waals surface area contributed by atoms with E-state index in [0.717, 1.165) is 0 Å². The van der Waals surface area contributed by atoms with Crippen LogP contribution in [0.1, 0.15) is 38.1 Å². The number of halogens is 1. The zero-order valence-corrected chi connectivity index (χ0v) is 18.7. The van der Waals surface area contributed by atoms with Crippen molar-refractivity contribution >= 4 is 29.2 Å². The molecule has 10 heteroatoms. The van der Waals surface area contributed by atoms with Crippen LogP contribution in [0.2, 0.25) is 5.02 Å². The van der Waals surface area contributed by atoms with E-state index in [1.807, 2.05) is 0 Å². The second kappa shape index (κ2) is 10.1. The standard InChI is InChI=1S/C22H22ClN3O6/c1-13(2)22(4,12-24)25-20(27)14(3)31-21(28)15-5-8-17(9-6-15)32-19-10-7-16(23)11-18(19)26(29)30/h5-11,13-14H,1-4H3,(H,25,27). The summed E-state index contributed by atoms with van der Waals surface area (Å²) in [5, 5.41) is 23.3. The molecule has 0 saturated carbocycles. The molecule has 9 nitrogen and oxygen atoms in total. The minimum atomic E-state index is -1.12. The fourth-order valence-corrected chi connectivity index (χ4v) is 2.61. The Bertz CT molecular complexity index is 1060. The van der Waals surface area contributed by atoms with Crippen LogP contribution in [0.3, 0.4) is 0 Å². The molecule has 2 aromatic carbocycles. The quantitative estimate of drug-likeness (QED) is 0.345. The number of carbonyl (C=O) groups excluding carboxylic acids is 2. The third-order valence-electron chi connectivity index (χ3n) is 4.86. The Morgan fingerprint density at radius 1 is 1.19 bits per heavy atom. The van der Waals surface area contributed by atoms with Crippen molar-refractivity contribution in [3.05, 3.63) is 63.2 Å². The van der Waals surface area contributed by atoms with Crippen molar-refractivity contribution < 1.29 is 24.0 Å². The highest BCUT2D eigenvalue weighted by atomic mass is 35.5. The molecule has 0 saturated heterocycles. The highest BCUT2D eigenvalue weighted by molar-refractivity contribution is 6.30. The van der Waals surface area contributed by atoms with Gasteiger partial charge in [0.05, 0.1) is 16.6 Å².